The van der Waals surface area contributed by atoms with Crippen molar-refractivity contribution in [1.82, 2.24) is 4.90 Å². The second-order valence-electron chi connectivity index (χ2n) is 6.55. The molecular weight excluding hydrogens is 284 g/mol. The van der Waals surface area contributed by atoms with Crippen molar-refractivity contribution >= 4 is 17.3 Å². The highest BCUT2D eigenvalue weighted by Crippen LogP contribution is 2.35. The maximum Gasteiger partial charge on any atom is 0.121 e. The van der Waals surface area contributed by atoms with Gasteiger partial charge in [-0.15, -0.1) is 0 Å². The number of hydrogen-bond donors (Lipinski definition) is 0. The number of hydrogen-bond acceptors (Lipinski definition) is 3. The standard InChI is InChI=1S/C17H23ClN2O/c18-16-7-6-15(10-17(16)19-8-1-2-9-19)21-12-14-11-20(14)13-4-3-5-13/h6-7,10,13-14H,1-5,8-9,11-12H2. The Morgan fingerprint density at radius 1 is 1.14 bits per heavy atom. The molecule has 21 heavy (non-hydrogen) atoms. The van der Waals surface area contributed by atoms with Gasteiger partial charge in [-0.05, 0) is 37.8 Å². The van der Waals surface area contributed by atoms with Crippen LogP contribution >= 0.6 is 11.6 Å². The zero-order valence-electron chi connectivity index (χ0n) is 12.4. The molecule has 1 aromatic rings. The maximum absolute atomic E-state index is 6.34. The minimum atomic E-state index is 0.640. The summed E-state index contributed by atoms with van der Waals surface area (Å²) in [4.78, 5) is 4.95. The fourth-order valence-electron chi connectivity index (χ4n) is 3.49. The molecule has 1 aliphatic carbocycles. The Labute approximate surface area is 131 Å². The summed E-state index contributed by atoms with van der Waals surface area (Å²) in [7, 11) is 0. The third kappa shape index (κ3) is 2.86. The first-order valence-corrected chi connectivity index (χ1v) is 8.62. The zero-order chi connectivity index (χ0) is 14.2. The number of halogens is 1. The average molecular weight is 307 g/mol. The molecule has 0 N–H and O–H groups in total. The Bertz CT molecular complexity index is 512. The fourth-order valence-corrected chi connectivity index (χ4v) is 3.72. The number of rotatable bonds is 5. The summed E-state index contributed by atoms with van der Waals surface area (Å²) in [6.45, 7) is 4.26. The molecule has 2 aliphatic heterocycles. The molecule has 3 nitrogen and oxygen atoms in total. The van der Waals surface area contributed by atoms with Crippen LogP contribution in [0.15, 0.2) is 18.2 Å². The summed E-state index contributed by atoms with van der Waals surface area (Å²) in [5.41, 5.74) is 1.14. The Morgan fingerprint density at radius 2 is 1.95 bits per heavy atom. The number of nitrogens with zero attached hydrogens (tertiary/aromatic N) is 2. The molecule has 1 aromatic carbocycles. The van der Waals surface area contributed by atoms with Crippen molar-refractivity contribution in [1.29, 1.82) is 0 Å². The highest BCUT2D eigenvalue weighted by Gasteiger charge is 2.42. The van der Waals surface area contributed by atoms with E-state index in [1.807, 2.05) is 12.1 Å². The lowest BCUT2D eigenvalue weighted by Crippen LogP contribution is -2.29. The molecule has 1 saturated carbocycles. The zero-order valence-corrected chi connectivity index (χ0v) is 13.2. The van der Waals surface area contributed by atoms with Crippen LogP contribution in [0.5, 0.6) is 5.75 Å². The van der Waals surface area contributed by atoms with Gasteiger partial charge in [0.1, 0.15) is 12.4 Å². The van der Waals surface area contributed by atoms with Crippen LogP contribution in [0, 0.1) is 0 Å². The molecule has 2 unspecified atom stereocenters. The normalized spacial score (nSPS) is 28.5. The predicted octanol–water partition coefficient (Wildman–Crippen LogP) is 3.56. The van der Waals surface area contributed by atoms with Gasteiger partial charge in [-0.2, -0.15) is 0 Å². The monoisotopic (exact) mass is 306 g/mol. The highest BCUT2D eigenvalue weighted by molar-refractivity contribution is 6.33. The van der Waals surface area contributed by atoms with Gasteiger partial charge in [-0.3, -0.25) is 4.90 Å². The van der Waals surface area contributed by atoms with Gasteiger partial charge >= 0.3 is 0 Å². The first-order chi connectivity index (χ1) is 10.3. The van der Waals surface area contributed by atoms with E-state index in [1.54, 1.807) is 0 Å². The molecule has 3 aliphatic rings. The number of anilines is 1. The topological polar surface area (TPSA) is 15.5 Å². The summed E-state index contributed by atoms with van der Waals surface area (Å²) < 4.78 is 6.01. The number of ether oxygens (including phenoxy) is 1. The van der Waals surface area contributed by atoms with Crippen LogP contribution in [0.25, 0.3) is 0 Å². The van der Waals surface area contributed by atoms with E-state index in [-0.39, 0.29) is 0 Å². The molecule has 0 bridgehead atoms. The lowest BCUT2D eigenvalue weighted by molar-refractivity contribution is 0.215. The summed E-state index contributed by atoms with van der Waals surface area (Å²) >= 11 is 6.34. The Morgan fingerprint density at radius 3 is 2.67 bits per heavy atom. The van der Waals surface area contributed by atoms with E-state index < -0.39 is 0 Å². The summed E-state index contributed by atoms with van der Waals surface area (Å²) in [5.74, 6) is 0.960. The van der Waals surface area contributed by atoms with Crippen molar-refractivity contribution in [3.8, 4) is 5.75 Å². The van der Waals surface area contributed by atoms with E-state index >= 15 is 0 Å². The smallest absolute Gasteiger partial charge is 0.121 e. The first kappa shape index (κ1) is 13.7. The van der Waals surface area contributed by atoms with E-state index in [0.717, 1.165) is 42.2 Å². The predicted molar refractivity (Wildman–Crippen MR) is 86.5 cm³/mol. The highest BCUT2D eigenvalue weighted by atomic mass is 35.5. The van der Waals surface area contributed by atoms with Crippen LogP contribution in [-0.4, -0.2) is 43.2 Å². The van der Waals surface area contributed by atoms with Crippen molar-refractivity contribution in [2.45, 2.75) is 44.2 Å². The average Bonchev–Trinajstić information content (AvgIpc) is 2.97. The quantitative estimate of drug-likeness (QED) is 0.774. The number of benzene rings is 1. The van der Waals surface area contributed by atoms with Gasteiger partial charge in [0.2, 0.25) is 0 Å². The molecule has 2 saturated heterocycles. The third-order valence-electron chi connectivity index (χ3n) is 5.11. The van der Waals surface area contributed by atoms with Crippen LogP contribution in [0.3, 0.4) is 0 Å². The minimum Gasteiger partial charge on any atom is -0.492 e. The van der Waals surface area contributed by atoms with Crippen molar-refractivity contribution in [2.24, 2.45) is 0 Å². The lowest BCUT2D eigenvalue weighted by atomic mass is 9.93. The molecule has 0 spiro atoms. The second kappa shape index (κ2) is 5.69. The van der Waals surface area contributed by atoms with E-state index in [4.69, 9.17) is 16.3 Å². The van der Waals surface area contributed by atoms with Crippen LogP contribution in [0.1, 0.15) is 32.1 Å². The Balaban J connectivity index is 1.35. The SMILES string of the molecule is Clc1ccc(OCC2CN2C2CCC2)cc1N1CCCC1. The summed E-state index contributed by atoms with van der Waals surface area (Å²) in [6, 6.07) is 7.58. The Hall–Kier alpha value is -0.930. The van der Waals surface area contributed by atoms with Crippen LogP contribution < -0.4 is 9.64 Å². The van der Waals surface area contributed by atoms with E-state index in [0.29, 0.717) is 6.04 Å². The van der Waals surface area contributed by atoms with E-state index in [1.165, 1.54) is 38.6 Å². The molecule has 0 radical (unpaired) electrons. The minimum absolute atomic E-state index is 0.640. The van der Waals surface area contributed by atoms with Crippen molar-refractivity contribution in [2.75, 3.05) is 31.1 Å². The third-order valence-corrected chi connectivity index (χ3v) is 5.43. The molecule has 2 heterocycles. The summed E-state index contributed by atoms with van der Waals surface area (Å²) in [5, 5.41) is 0.840. The van der Waals surface area contributed by atoms with Gasteiger partial charge in [0.25, 0.3) is 0 Å². The fraction of sp³-hybridized carbons (Fsp3) is 0.647. The molecule has 4 rings (SSSR count). The van der Waals surface area contributed by atoms with Crippen LogP contribution in [0.4, 0.5) is 5.69 Å². The largest absolute Gasteiger partial charge is 0.492 e. The molecular formula is C17H23ClN2O. The van der Waals surface area contributed by atoms with Gasteiger partial charge < -0.3 is 9.64 Å². The molecule has 2 atom stereocenters. The molecule has 3 fully saturated rings. The van der Waals surface area contributed by atoms with E-state index in [2.05, 4.69) is 15.9 Å². The van der Waals surface area contributed by atoms with Crippen molar-refractivity contribution in [3.63, 3.8) is 0 Å². The van der Waals surface area contributed by atoms with E-state index in [9.17, 15) is 0 Å². The van der Waals surface area contributed by atoms with Gasteiger partial charge in [-0.1, -0.05) is 18.0 Å². The van der Waals surface area contributed by atoms with Gasteiger partial charge in [0.05, 0.1) is 16.8 Å². The van der Waals surface area contributed by atoms with Gasteiger partial charge in [-0.25, -0.2) is 0 Å². The van der Waals surface area contributed by atoms with Crippen molar-refractivity contribution in [3.05, 3.63) is 23.2 Å². The molecule has 114 valence electrons. The van der Waals surface area contributed by atoms with Crippen molar-refractivity contribution < 1.29 is 4.74 Å². The van der Waals surface area contributed by atoms with Crippen LogP contribution in [0.2, 0.25) is 5.02 Å². The Kier molecular flexibility index (Phi) is 3.72. The first-order valence-electron chi connectivity index (χ1n) is 8.24. The molecule has 0 aromatic heterocycles. The lowest BCUT2D eigenvalue weighted by Gasteiger charge is -2.27. The summed E-state index contributed by atoms with van der Waals surface area (Å²) in [6.07, 6.45) is 6.71. The second-order valence-corrected chi connectivity index (χ2v) is 6.96. The van der Waals surface area contributed by atoms with Gasteiger partial charge in [0, 0.05) is 31.7 Å². The van der Waals surface area contributed by atoms with Crippen LogP contribution in [-0.2, 0) is 0 Å². The molecule has 4 heteroatoms. The molecule has 0 amide bonds. The maximum atomic E-state index is 6.34. The van der Waals surface area contributed by atoms with Gasteiger partial charge in [0.15, 0.2) is 0 Å².